The minimum atomic E-state index is -0.653. The van der Waals surface area contributed by atoms with E-state index in [2.05, 4.69) is 36.4 Å². The number of para-hydroxylation sites is 1. The fourth-order valence-corrected chi connectivity index (χ4v) is 6.30. The lowest BCUT2D eigenvalue weighted by Crippen LogP contribution is -1.91. The summed E-state index contributed by atoms with van der Waals surface area (Å²) in [5.41, 5.74) is 3.36. The third kappa shape index (κ3) is 4.17. The zero-order valence-corrected chi connectivity index (χ0v) is 23.7. The molecule has 0 amide bonds. The zero-order chi connectivity index (χ0) is 39.3. The molecule has 0 aliphatic heterocycles. The first-order valence-corrected chi connectivity index (χ1v) is 14.5. The highest BCUT2D eigenvalue weighted by molar-refractivity contribution is 6.21. The Labute approximate surface area is 277 Å². The van der Waals surface area contributed by atoms with E-state index in [0.29, 0.717) is 5.56 Å². The van der Waals surface area contributed by atoms with Gasteiger partial charge < -0.3 is 4.42 Å². The molecule has 210 valence electrons. The number of benzene rings is 8. The summed E-state index contributed by atoms with van der Waals surface area (Å²) in [6, 6.07) is 28.2. The Morgan fingerprint density at radius 1 is 0.400 bits per heavy atom. The van der Waals surface area contributed by atoms with Crippen LogP contribution in [0.2, 0.25) is 0 Å². The summed E-state index contributed by atoms with van der Waals surface area (Å²) in [6.45, 7) is 0. The second-order valence-electron chi connectivity index (χ2n) is 10.8. The largest absolute Gasteiger partial charge is 0.455 e. The maximum atomic E-state index is 9.43. The van der Waals surface area contributed by atoms with Gasteiger partial charge in [0.25, 0.3) is 0 Å². The lowest BCUT2D eigenvalue weighted by atomic mass is 9.85. The van der Waals surface area contributed by atoms with E-state index in [1.807, 2.05) is 60.7 Å². The van der Waals surface area contributed by atoms with Crippen molar-refractivity contribution >= 4 is 43.5 Å². The first kappa shape index (κ1) is 16.8. The minimum absolute atomic E-state index is 0.0889. The SMILES string of the molecule is [2H]c1c([2H])c([2H])c(-c2c([2H])c([2H])c([2H])c3c2oc2c([2H])c(-c4cccc(-c5c6ccccc6c(-c6ccccc6)c6ccccc56)c4)c([2H])c([2H])c23)c([2H])c1[2H]. The highest BCUT2D eigenvalue weighted by Crippen LogP contribution is 2.44. The second kappa shape index (κ2) is 10.4. The monoisotopic (exact) mass is 583 g/mol. The number of rotatable bonds is 4. The van der Waals surface area contributed by atoms with Gasteiger partial charge >= 0.3 is 0 Å². The third-order valence-corrected chi connectivity index (χ3v) is 8.25. The maximum Gasteiger partial charge on any atom is 0.143 e. The standard InChI is InChI=1S/C44H28O/c1-3-13-29(14-4-1)34-23-12-24-40-35-26-25-32(28-41(35)45-44(34)40)31-17-11-18-33(27-31)43-38-21-9-7-19-36(38)42(30-15-5-2-6-16-30)37-20-8-10-22-39(37)43/h1-28H/i1D,3D,4D,12D,13D,14D,23D,24D,25D,26D,28D. The van der Waals surface area contributed by atoms with Crippen LogP contribution in [0.1, 0.15) is 15.1 Å². The molecular weight excluding hydrogens is 544 g/mol. The molecule has 0 saturated heterocycles. The molecule has 0 unspecified atom stereocenters. The lowest BCUT2D eigenvalue weighted by Gasteiger charge is -2.18. The Morgan fingerprint density at radius 2 is 1.02 bits per heavy atom. The van der Waals surface area contributed by atoms with E-state index >= 15 is 0 Å². The lowest BCUT2D eigenvalue weighted by molar-refractivity contribution is 0.670. The summed E-state index contributed by atoms with van der Waals surface area (Å²) in [6.07, 6.45) is 0. The second-order valence-corrected chi connectivity index (χ2v) is 10.8. The smallest absolute Gasteiger partial charge is 0.143 e. The van der Waals surface area contributed by atoms with Crippen LogP contribution < -0.4 is 0 Å². The zero-order valence-electron chi connectivity index (χ0n) is 34.7. The Hall–Kier alpha value is -5.92. The molecular formula is C44H28O. The van der Waals surface area contributed by atoms with Crippen LogP contribution in [0.25, 0.3) is 88.0 Å². The van der Waals surface area contributed by atoms with Crippen LogP contribution in [-0.4, -0.2) is 0 Å². The van der Waals surface area contributed by atoms with Crippen LogP contribution in [-0.2, 0) is 0 Å². The van der Waals surface area contributed by atoms with Gasteiger partial charge in [0.1, 0.15) is 11.2 Å². The molecule has 0 atom stereocenters. The van der Waals surface area contributed by atoms with E-state index in [4.69, 9.17) is 15.4 Å². The van der Waals surface area contributed by atoms with Crippen molar-refractivity contribution in [3.63, 3.8) is 0 Å². The fraction of sp³-hybridized carbons (Fsp3) is 0. The van der Waals surface area contributed by atoms with Crippen LogP contribution in [0.15, 0.2) is 174 Å². The Kier molecular flexibility index (Phi) is 3.87. The average Bonchev–Trinajstić information content (AvgIpc) is 3.62. The molecule has 0 spiro atoms. The van der Waals surface area contributed by atoms with Gasteiger partial charge in [-0.15, -0.1) is 0 Å². The summed E-state index contributed by atoms with van der Waals surface area (Å²) in [5, 5.41) is 3.88. The molecule has 0 aliphatic rings. The van der Waals surface area contributed by atoms with E-state index in [1.165, 1.54) is 0 Å². The predicted octanol–water partition coefficient (Wildman–Crippen LogP) is 12.6. The molecule has 8 aromatic carbocycles. The van der Waals surface area contributed by atoms with Crippen molar-refractivity contribution in [1.82, 2.24) is 0 Å². The highest BCUT2D eigenvalue weighted by atomic mass is 16.3. The predicted molar refractivity (Wildman–Crippen MR) is 190 cm³/mol. The quantitative estimate of drug-likeness (QED) is 0.188. The summed E-state index contributed by atoms with van der Waals surface area (Å²) in [7, 11) is 0. The van der Waals surface area contributed by atoms with Crippen LogP contribution in [0.4, 0.5) is 0 Å². The van der Waals surface area contributed by atoms with Gasteiger partial charge in [-0.1, -0.05) is 151 Å². The van der Waals surface area contributed by atoms with E-state index in [0.717, 1.165) is 43.8 Å². The van der Waals surface area contributed by atoms with Crippen LogP contribution in [0.3, 0.4) is 0 Å². The number of fused-ring (bicyclic) bond motifs is 5. The fourth-order valence-electron chi connectivity index (χ4n) is 6.30. The van der Waals surface area contributed by atoms with Crippen molar-refractivity contribution in [2.45, 2.75) is 0 Å². The van der Waals surface area contributed by atoms with Gasteiger partial charge in [-0.25, -0.2) is 0 Å². The van der Waals surface area contributed by atoms with E-state index < -0.39 is 53.9 Å². The van der Waals surface area contributed by atoms with Crippen molar-refractivity contribution in [2.75, 3.05) is 0 Å². The normalized spacial score (nSPS) is 15.0. The summed E-state index contributed by atoms with van der Waals surface area (Å²) < 4.78 is 102. The molecule has 0 N–H and O–H groups in total. The van der Waals surface area contributed by atoms with Crippen molar-refractivity contribution in [1.29, 1.82) is 0 Å². The van der Waals surface area contributed by atoms with Gasteiger partial charge in [-0.2, -0.15) is 0 Å². The molecule has 1 aromatic heterocycles. The molecule has 0 aliphatic carbocycles. The van der Waals surface area contributed by atoms with E-state index in [1.54, 1.807) is 6.07 Å². The average molecular weight is 584 g/mol. The first-order chi connectivity index (χ1) is 26.9. The van der Waals surface area contributed by atoms with E-state index in [-0.39, 0.29) is 51.2 Å². The van der Waals surface area contributed by atoms with Crippen molar-refractivity contribution in [3.8, 4) is 44.5 Å². The van der Waals surface area contributed by atoms with Crippen LogP contribution >= 0.6 is 0 Å². The Bertz CT molecular complexity index is 3070. The van der Waals surface area contributed by atoms with Gasteiger partial charge in [0, 0.05) is 16.3 Å². The summed E-state index contributed by atoms with van der Waals surface area (Å²) in [5.74, 6) is 0. The minimum Gasteiger partial charge on any atom is -0.455 e. The molecule has 0 saturated carbocycles. The molecule has 0 fully saturated rings. The van der Waals surface area contributed by atoms with Crippen LogP contribution in [0, 0.1) is 0 Å². The van der Waals surface area contributed by atoms with Gasteiger partial charge in [-0.3, -0.25) is 0 Å². The van der Waals surface area contributed by atoms with Gasteiger partial charge in [0.2, 0.25) is 0 Å². The van der Waals surface area contributed by atoms with Crippen LogP contribution in [0.5, 0.6) is 0 Å². The summed E-state index contributed by atoms with van der Waals surface area (Å²) in [4.78, 5) is 0. The number of furan rings is 1. The topological polar surface area (TPSA) is 13.1 Å². The van der Waals surface area contributed by atoms with Crippen molar-refractivity contribution in [2.24, 2.45) is 0 Å². The molecule has 9 rings (SSSR count). The summed E-state index contributed by atoms with van der Waals surface area (Å²) >= 11 is 0. The maximum absolute atomic E-state index is 9.43. The molecule has 9 aromatic rings. The molecule has 1 heteroatoms. The van der Waals surface area contributed by atoms with Gasteiger partial charge in [-0.05, 0) is 78.6 Å². The Morgan fingerprint density at radius 3 is 1.73 bits per heavy atom. The van der Waals surface area contributed by atoms with Gasteiger partial charge in [0.15, 0.2) is 0 Å². The highest BCUT2D eigenvalue weighted by Gasteiger charge is 2.17. The van der Waals surface area contributed by atoms with Gasteiger partial charge in [0.05, 0.1) is 15.1 Å². The van der Waals surface area contributed by atoms with Crippen molar-refractivity contribution < 1.29 is 19.5 Å². The molecule has 1 heterocycles. The molecule has 1 nitrogen and oxygen atoms in total. The molecule has 0 bridgehead atoms. The van der Waals surface area contributed by atoms with E-state index in [9.17, 15) is 4.11 Å². The number of hydrogen-bond donors (Lipinski definition) is 0. The molecule has 0 radical (unpaired) electrons. The number of hydrogen-bond acceptors (Lipinski definition) is 1. The Balaban J connectivity index is 1.32. The van der Waals surface area contributed by atoms with Crippen molar-refractivity contribution in [3.05, 3.63) is 170 Å². The molecule has 45 heavy (non-hydrogen) atoms. The first-order valence-electron chi connectivity index (χ1n) is 20.0. The third-order valence-electron chi connectivity index (χ3n) is 8.25.